The summed E-state index contributed by atoms with van der Waals surface area (Å²) in [4.78, 5) is 15.1. The Balaban J connectivity index is 1.75. The van der Waals surface area contributed by atoms with Gasteiger partial charge in [-0.3, -0.25) is 9.69 Å². The Kier molecular flexibility index (Phi) is 6.37. The molecule has 0 aromatic heterocycles. The van der Waals surface area contributed by atoms with E-state index in [1.165, 1.54) is 5.56 Å². The number of hydrogen-bond donors (Lipinski definition) is 0. The van der Waals surface area contributed by atoms with Crippen molar-refractivity contribution in [2.24, 2.45) is 0 Å². The highest BCUT2D eigenvalue weighted by molar-refractivity contribution is 5.90. The van der Waals surface area contributed by atoms with E-state index in [1.807, 2.05) is 42.5 Å². The van der Waals surface area contributed by atoms with E-state index in [2.05, 4.69) is 35.7 Å². The van der Waals surface area contributed by atoms with Crippen molar-refractivity contribution in [3.63, 3.8) is 0 Å². The SMILES string of the molecule is C=CCN(Cc1ccccc1)[C@@]1(COCc2ccccc2)CCCC1=O. The van der Waals surface area contributed by atoms with Crippen LogP contribution >= 0.6 is 0 Å². The molecule has 0 unspecified atom stereocenters. The molecular weight excluding hydrogens is 322 g/mol. The van der Waals surface area contributed by atoms with Crippen LogP contribution in [0.2, 0.25) is 0 Å². The van der Waals surface area contributed by atoms with Crippen LogP contribution in [0.5, 0.6) is 0 Å². The summed E-state index contributed by atoms with van der Waals surface area (Å²) in [5, 5.41) is 0. The zero-order valence-electron chi connectivity index (χ0n) is 15.3. The highest BCUT2D eigenvalue weighted by Crippen LogP contribution is 2.34. The topological polar surface area (TPSA) is 29.5 Å². The molecule has 0 heterocycles. The van der Waals surface area contributed by atoms with Gasteiger partial charge in [0.2, 0.25) is 0 Å². The molecule has 1 aliphatic rings. The lowest BCUT2D eigenvalue weighted by atomic mass is 9.93. The molecule has 26 heavy (non-hydrogen) atoms. The summed E-state index contributed by atoms with van der Waals surface area (Å²) in [5.74, 6) is 0.295. The van der Waals surface area contributed by atoms with E-state index in [1.54, 1.807) is 0 Å². The van der Waals surface area contributed by atoms with Crippen LogP contribution in [0.15, 0.2) is 73.3 Å². The van der Waals surface area contributed by atoms with Gasteiger partial charge in [-0.05, 0) is 24.0 Å². The zero-order valence-corrected chi connectivity index (χ0v) is 15.3. The van der Waals surface area contributed by atoms with Gasteiger partial charge in [0.05, 0.1) is 13.2 Å². The molecule has 3 nitrogen and oxygen atoms in total. The maximum Gasteiger partial charge on any atom is 0.155 e. The number of ether oxygens (including phenoxy) is 1. The Hall–Kier alpha value is -2.23. The van der Waals surface area contributed by atoms with Crippen molar-refractivity contribution in [3.05, 3.63) is 84.4 Å². The van der Waals surface area contributed by atoms with Gasteiger partial charge in [0.25, 0.3) is 0 Å². The number of nitrogens with zero attached hydrogens (tertiary/aromatic N) is 1. The third kappa shape index (κ3) is 4.29. The standard InChI is InChI=1S/C23H27NO2/c1-2-16-24(17-20-10-5-3-6-11-20)23(15-9-14-22(23)25)19-26-18-21-12-7-4-8-13-21/h2-8,10-13H,1,9,14-19H2/t23-/m1/s1. The lowest BCUT2D eigenvalue weighted by molar-refractivity contribution is -0.133. The fraction of sp³-hybridized carbons (Fsp3) is 0.348. The third-order valence-electron chi connectivity index (χ3n) is 5.14. The van der Waals surface area contributed by atoms with Gasteiger partial charge in [-0.1, -0.05) is 66.7 Å². The molecule has 0 N–H and O–H groups in total. The van der Waals surface area contributed by atoms with E-state index in [-0.39, 0.29) is 0 Å². The Morgan fingerprint density at radius 1 is 1.04 bits per heavy atom. The summed E-state index contributed by atoms with van der Waals surface area (Å²) in [6, 6.07) is 20.4. The first-order chi connectivity index (χ1) is 12.7. The quantitative estimate of drug-likeness (QED) is 0.629. The summed E-state index contributed by atoms with van der Waals surface area (Å²) in [7, 11) is 0. The second kappa shape index (κ2) is 8.93. The Bertz CT molecular complexity index is 714. The summed E-state index contributed by atoms with van der Waals surface area (Å²) in [5.41, 5.74) is 1.79. The number of hydrogen-bond acceptors (Lipinski definition) is 3. The van der Waals surface area contributed by atoms with Crippen LogP contribution < -0.4 is 0 Å². The van der Waals surface area contributed by atoms with Crippen molar-refractivity contribution in [1.82, 2.24) is 4.90 Å². The van der Waals surface area contributed by atoms with Crippen LogP contribution in [0.1, 0.15) is 30.4 Å². The van der Waals surface area contributed by atoms with Crippen molar-refractivity contribution >= 4 is 5.78 Å². The molecule has 2 aromatic rings. The van der Waals surface area contributed by atoms with Gasteiger partial charge in [-0.2, -0.15) is 0 Å². The van der Waals surface area contributed by atoms with E-state index in [0.717, 1.165) is 24.9 Å². The minimum Gasteiger partial charge on any atom is -0.374 e. The van der Waals surface area contributed by atoms with Crippen molar-refractivity contribution < 1.29 is 9.53 Å². The van der Waals surface area contributed by atoms with E-state index in [4.69, 9.17) is 4.74 Å². The van der Waals surface area contributed by atoms with Gasteiger partial charge >= 0.3 is 0 Å². The second-order valence-corrected chi connectivity index (χ2v) is 6.94. The first-order valence-corrected chi connectivity index (χ1v) is 9.29. The van der Waals surface area contributed by atoms with E-state index >= 15 is 0 Å². The largest absolute Gasteiger partial charge is 0.374 e. The molecule has 0 saturated heterocycles. The van der Waals surface area contributed by atoms with Crippen LogP contribution in [-0.4, -0.2) is 29.4 Å². The van der Waals surface area contributed by atoms with Crippen LogP contribution in [-0.2, 0) is 22.7 Å². The summed E-state index contributed by atoms with van der Waals surface area (Å²) < 4.78 is 6.05. The Morgan fingerprint density at radius 2 is 1.69 bits per heavy atom. The van der Waals surface area contributed by atoms with Crippen LogP contribution in [0.4, 0.5) is 0 Å². The highest BCUT2D eigenvalue weighted by Gasteiger charge is 2.46. The number of carbonyl (C=O) groups excluding carboxylic acids is 1. The van der Waals surface area contributed by atoms with Crippen molar-refractivity contribution in [3.8, 4) is 0 Å². The van der Waals surface area contributed by atoms with Crippen LogP contribution in [0.25, 0.3) is 0 Å². The average Bonchev–Trinajstić information content (AvgIpc) is 3.05. The van der Waals surface area contributed by atoms with Crippen molar-refractivity contribution in [2.75, 3.05) is 13.2 Å². The average molecular weight is 349 g/mol. The van der Waals surface area contributed by atoms with Crippen LogP contribution in [0, 0.1) is 0 Å². The molecule has 2 aromatic carbocycles. The van der Waals surface area contributed by atoms with Gasteiger partial charge < -0.3 is 4.74 Å². The smallest absolute Gasteiger partial charge is 0.155 e. The molecule has 1 atom stereocenters. The number of Topliss-reactive ketones (excluding diaryl/α,β-unsaturated/α-hetero) is 1. The molecule has 1 saturated carbocycles. The fourth-order valence-corrected chi connectivity index (χ4v) is 3.75. The summed E-state index contributed by atoms with van der Waals surface area (Å²) >= 11 is 0. The first kappa shape index (κ1) is 18.6. The second-order valence-electron chi connectivity index (χ2n) is 6.94. The van der Waals surface area contributed by atoms with Crippen LogP contribution in [0.3, 0.4) is 0 Å². The summed E-state index contributed by atoms with van der Waals surface area (Å²) in [6.07, 6.45) is 4.29. The molecule has 0 amide bonds. The minimum atomic E-state index is -0.543. The van der Waals surface area contributed by atoms with Gasteiger partial charge in [-0.25, -0.2) is 0 Å². The lowest BCUT2D eigenvalue weighted by Gasteiger charge is -2.39. The first-order valence-electron chi connectivity index (χ1n) is 9.29. The molecule has 0 spiro atoms. The van der Waals surface area contributed by atoms with Gasteiger partial charge in [0.1, 0.15) is 5.54 Å². The molecule has 0 radical (unpaired) electrons. The highest BCUT2D eigenvalue weighted by atomic mass is 16.5. The molecule has 136 valence electrons. The monoisotopic (exact) mass is 349 g/mol. The molecule has 0 aliphatic heterocycles. The van der Waals surface area contributed by atoms with Gasteiger partial charge in [0.15, 0.2) is 5.78 Å². The van der Waals surface area contributed by atoms with E-state index < -0.39 is 5.54 Å². The molecule has 3 heteroatoms. The predicted molar refractivity (Wildman–Crippen MR) is 105 cm³/mol. The molecule has 3 rings (SSSR count). The van der Waals surface area contributed by atoms with Gasteiger partial charge in [0, 0.05) is 19.5 Å². The van der Waals surface area contributed by atoms with Crippen molar-refractivity contribution in [2.45, 2.75) is 38.0 Å². The molecular formula is C23H27NO2. The number of ketones is 1. The minimum absolute atomic E-state index is 0.295. The zero-order chi connectivity index (χ0) is 18.2. The van der Waals surface area contributed by atoms with Crippen molar-refractivity contribution in [1.29, 1.82) is 0 Å². The predicted octanol–water partition coefficient (Wildman–Crippen LogP) is 4.38. The Labute approximate surface area is 156 Å². The molecule has 0 bridgehead atoms. The maximum atomic E-state index is 12.9. The number of benzene rings is 2. The Morgan fingerprint density at radius 3 is 2.27 bits per heavy atom. The maximum absolute atomic E-state index is 12.9. The summed E-state index contributed by atoms with van der Waals surface area (Å²) in [6.45, 7) is 6.27. The van der Waals surface area contributed by atoms with E-state index in [9.17, 15) is 4.79 Å². The van der Waals surface area contributed by atoms with Gasteiger partial charge in [-0.15, -0.1) is 6.58 Å². The number of carbonyl (C=O) groups is 1. The fourth-order valence-electron chi connectivity index (χ4n) is 3.75. The lowest BCUT2D eigenvalue weighted by Crippen LogP contribution is -2.54. The molecule has 1 fully saturated rings. The van der Waals surface area contributed by atoms with E-state index in [0.29, 0.717) is 32.0 Å². The normalized spacial score (nSPS) is 19.8. The molecule has 1 aliphatic carbocycles. The number of rotatable bonds is 9. The third-order valence-corrected chi connectivity index (χ3v) is 5.14.